The molecule has 6 heteroatoms. The van der Waals surface area contributed by atoms with Gasteiger partial charge < -0.3 is 15.7 Å². The van der Waals surface area contributed by atoms with E-state index in [9.17, 15) is 9.90 Å². The molecule has 1 aromatic carbocycles. The minimum absolute atomic E-state index is 0.131. The Kier molecular flexibility index (Phi) is 4.08. The lowest BCUT2D eigenvalue weighted by Gasteiger charge is -2.35. The first-order valence-corrected chi connectivity index (χ1v) is 8.49. The largest absolute Gasteiger partial charge is 0.391 e. The first-order chi connectivity index (χ1) is 11.7. The molecule has 4 N–H and O–H groups in total. The summed E-state index contributed by atoms with van der Waals surface area (Å²) in [6.07, 6.45) is 4.67. The van der Waals surface area contributed by atoms with Crippen molar-refractivity contribution in [3.8, 4) is 11.1 Å². The zero-order valence-electron chi connectivity index (χ0n) is 13.4. The number of amides is 1. The van der Waals surface area contributed by atoms with Crippen LogP contribution in [-0.2, 0) is 0 Å². The van der Waals surface area contributed by atoms with E-state index in [0.717, 1.165) is 37.1 Å². The number of aromatic amines is 1. The summed E-state index contributed by atoms with van der Waals surface area (Å²) in [5.41, 5.74) is 2.50. The minimum Gasteiger partial charge on any atom is -0.391 e. The molecule has 1 aliphatic heterocycles. The third kappa shape index (κ3) is 2.95. The Bertz CT molecular complexity index is 716. The molecular weight excluding hydrogens is 304 g/mol. The first kappa shape index (κ1) is 15.4. The molecule has 0 radical (unpaired) electrons. The predicted octanol–water partition coefficient (Wildman–Crippen LogP) is 1.17. The Morgan fingerprint density at radius 3 is 2.83 bits per heavy atom. The van der Waals surface area contributed by atoms with Crippen molar-refractivity contribution in [3.63, 3.8) is 0 Å². The van der Waals surface area contributed by atoms with E-state index in [1.165, 1.54) is 0 Å². The molecule has 0 spiro atoms. The van der Waals surface area contributed by atoms with Gasteiger partial charge in [-0.1, -0.05) is 12.1 Å². The van der Waals surface area contributed by atoms with Crippen molar-refractivity contribution < 1.29 is 9.90 Å². The smallest absolute Gasteiger partial charge is 0.251 e. The Labute approximate surface area is 140 Å². The molecule has 2 aliphatic rings. The van der Waals surface area contributed by atoms with Gasteiger partial charge in [-0.2, -0.15) is 5.10 Å². The number of aliphatic hydroxyl groups is 1. The third-order valence-electron chi connectivity index (χ3n) is 5.32. The number of nitrogens with one attached hydrogen (secondary N) is 3. The quantitative estimate of drug-likeness (QED) is 0.681. The van der Waals surface area contributed by atoms with Gasteiger partial charge in [-0.25, -0.2) is 0 Å². The lowest BCUT2D eigenvalue weighted by Crippen LogP contribution is -2.49. The normalized spacial score (nSPS) is 29.2. The van der Waals surface area contributed by atoms with E-state index in [-0.39, 0.29) is 11.9 Å². The van der Waals surface area contributed by atoms with Gasteiger partial charge >= 0.3 is 0 Å². The Morgan fingerprint density at radius 1 is 1.21 bits per heavy atom. The number of benzene rings is 1. The molecule has 1 saturated heterocycles. The molecule has 0 unspecified atom stereocenters. The van der Waals surface area contributed by atoms with Crippen LogP contribution in [-0.4, -0.2) is 46.4 Å². The van der Waals surface area contributed by atoms with Crippen LogP contribution < -0.4 is 10.6 Å². The van der Waals surface area contributed by atoms with Gasteiger partial charge in [0.25, 0.3) is 5.91 Å². The second-order valence-electron chi connectivity index (χ2n) is 6.86. The van der Waals surface area contributed by atoms with E-state index in [2.05, 4.69) is 20.8 Å². The Morgan fingerprint density at radius 2 is 2.04 bits per heavy atom. The second-order valence-corrected chi connectivity index (χ2v) is 6.86. The van der Waals surface area contributed by atoms with Crippen molar-refractivity contribution in [1.29, 1.82) is 0 Å². The van der Waals surface area contributed by atoms with Crippen LogP contribution in [0.25, 0.3) is 11.1 Å². The minimum atomic E-state index is -0.466. The Balaban J connectivity index is 1.47. The van der Waals surface area contributed by atoms with Crippen LogP contribution in [0.5, 0.6) is 0 Å². The molecule has 0 bridgehead atoms. The van der Waals surface area contributed by atoms with Crippen molar-refractivity contribution >= 4 is 5.91 Å². The standard InChI is InChI=1S/C18H22N4O2/c23-17-6-14-8-19-7-13(14)5-16(17)22-18(24)12-3-1-2-11(4-12)15-9-20-21-10-15/h1-4,9-10,13-14,16-17,19,23H,5-8H2,(H,20,21)(H,22,24)/t13-,14+,16-,17-/m0/s1. The number of hydrogen-bond donors (Lipinski definition) is 4. The molecule has 4 rings (SSSR count). The van der Waals surface area contributed by atoms with Crippen LogP contribution in [0.2, 0.25) is 0 Å². The van der Waals surface area contributed by atoms with Gasteiger partial charge in [-0.15, -0.1) is 0 Å². The van der Waals surface area contributed by atoms with Gasteiger partial charge in [0, 0.05) is 17.3 Å². The van der Waals surface area contributed by atoms with Crippen LogP contribution >= 0.6 is 0 Å². The number of fused-ring (bicyclic) bond motifs is 1. The number of hydrogen-bond acceptors (Lipinski definition) is 4. The summed E-state index contributed by atoms with van der Waals surface area (Å²) in [6, 6.07) is 7.30. The number of aromatic nitrogens is 2. The van der Waals surface area contributed by atoms with E-state index in [4.69, 9.17) is 0 Å². The average Bonchev–Trinajstić information content (AvgIpc) is 3.26. The zero-order valence-corrected chi connectivity index (χ0v) is 13.4. The Hall–Kier alpha value is -2.18. The van der Waals surface area contributed by atoms with Crippen molar-refractivity contribution in [3.05, 3.63) is 42.2 Å². The highest BCUT2D eigenvalue weighted by Crippen LogP contribution is 2.33. The molecule has 126 valence electrons. The SMILES string of the molecule is O=C(N[C@H]1C[C@H]2CNC[C@H]2C[C@@H]1O)c1cccc(-c2cn[nH]c2)c1. The summed E-state index contributed by atoms with van der Waals surface area (Å²) in [4.78, 5) is 12.6. The first-order valence-electron chi connectivity index (χ1n) is 8.49. The lowest BCUT2D eigenvalue weighted by molar-refractivity contribution is 0.0462. The van der Waals surface area contributed by atoms with E-state index >= 15 is 0 Å². The number of H-pyrrole nitrogens is 1. The van der Waals surface area contributed by atoms with Crippen LogP contribution in [0.1, 0.15) is 23.2 Å². The molecular formula is C18H22N4O2. The van der Waals surface area contributed by atoms with Crippen molar-refractivity contribution in [1.82, 2.24) is 20.8 Å². The molecule has 1 aromatic heterocycles. The molecule has 1 saturated carbocycles. The summed E-state index contributed by atoms with van der Waals surface area (Å²) in [5.74, 6) is 0.960. The summed E-state index contributed by atoms with van der Waals surface area (Å²) in [5, 5.41) is 23.5. The fourth-order valence-electron chi connectivity index (χ4n) is 3.95. The van der Waals surface area contributed by atoms with E-state index in [1.54, 1.807) is 18.5 Å². The fraction of sp³-hybridized carbons (Fsp3) is 0.444. The van der Waals surface area contributed by atoms with Gasteiger partial charge in [0.15, 0.2) is 0 Å². The summed E-state index contributed by atoms with van der Waals surface area (Å²) in [7, 11) is 0. The number of nitrogens with zero attached hydrogens (tertiary/aromatic N) is 1. The van der Waals surface area contributed by atoms with Crippen molar-refractivity contribution in [2.75, 3.05) is 13.1 Å². The molecule has 6 nitrogen and oxygen atoms in total. The topological polar surface area (TPSA) is 90.0 Å². The second kappa shape index (κ2) is 6.37. The molecule has 2 fully saturated rings. The molecule has 4 atom stereocenters. The molecule has 24 heavy (non-hydrogen) atoms. The number of aliphatic hydroxyl groups excluding tert-OH is 1. The maximum absolute atomic E-state index is 12.6. The van der Waals surface area contributed by atoms with Gasteiger partial charge in [-0.05, 0) is 55.5 Å². The maximum Gasteiger partial charge on any atom is 0.251 e. The van der Waals surface area contributed by atoms with E-state index < -0.39 is 6.10 Å². The zero-order chi connectivity index (χ0) is 16.5. The van der Waals surface area contributed by atoms with E-state index in [0.29, 0.717) is 17.4 Å². The molecule has 1 aliphatic carbocycles. The van der Waals surface area contributed by atoms with Gasteiger partial charge in [0.1, 0.15) is 0 Å². The van der Waals surface area contributed by atoms with Gasteiger partial charge in [-0.3, -0.25) is 9.89 Å². The molecule has 2 aromatic rings. The highest BCUT2D eigenvalue weighted by Gasteiger charge is 2.39. The van der Waals surface area contributed by atoms with Crippen molar-refractivity contribution in [2.24, 2.45) is 11.8 Å². The monoisotopic (exact) mass is 326 g/mol. The van der Waals surface area contributed by atoms with Crippen LogP contribution in [0.15, 0.2) is 36.7 Å². The summed E-state index contributed by atoms with van der Waals surface area (Å²) in [6.45, 7) is 1.97. The number of carbonyl (C=O) groups is 1. The van der Waals surface area contributed by atoms with Crippen LogP contribution in [0, 0.1) is 11.8 Å². The van der Waals surface area contributed by atoms with Crippen molar-refractivity contribution in [2.45, 2.75) is 25.0 Å². The van der Waals surface area contributed by atoms with Gasteiger partial charge in [0.2, 0.25) is 0 Å². The van der Waals surface area contributed by atoms with E-state index in [1.807, 2.05) is 18.2 Å². The number of carbonyl (C=O) groups excluding carboxylic acids is 1. The highest BCUT2D eigenvalue weighted by atomic mass is 16.3. The predicted molar refractivity (Wildman–Crippen MR) is 90.4 cm³/mol. The maximum atomic E-state index is 12.6. The summed E-state index contributed by atoms with van der Waals surface area (Å²) >= 11 is 0. The molecule has 2 heterocycles. The lowest BCUT2D eigenvalue weighted by atomic mass is 9.77. The third-order valence-corrected chi connectivity index (χ3v) is 5.32. The summed E-state index contributed by atoms with van der Waals surface area (Å²) < 4.78 is 0. The number of rotatable bonds is 3. The fourth-order valence-corrected chi connectivity index (χ4v) is 3.95. The van der Waals surface area contributed by atoms with Gasteiger partial charge in [0.05, 0.1) is 18.3 Å². The van der Waals surface area contributed by atoms with Crippen LogP contribution in [0.4, 0.5) is 0 Å². The molecule has 1 amide bonds. The average molecular weight is 326 g/mol. The highest BCUT2D eigenvalue weighted by molar-refractivity contribution is 5.95. The van der Waals surface area contributed by atoms with Crippen LogP contribution in [0.3, 0.4) is 0 Å².